The molecule has 0 rings (SSSR count). The van der Waals surface area contributed by atoms with E-state index in [1.54, 1.807) is 12.2 Å². The highest BCUT2D eigenvalue weighted by atomic mass is 16.3. The Labute approximate surface area is 57.7 Å². The molecule has 9 heavy (non-hydrogen) atoms. The largest absolute Gasteiger partial charge is 0.396 e. The zero-order valence-electron chi connectivity index (χ0n) is 6.30. The van der Waals surface area contributed by atoms with Crippen LogP contribution in [0.1, 0.15) is 13.8 Å². The number of hydrogen-bond donors (Lipinski definition) is 1. The molecule has 0 aliphatic carbocycles. The van der Waals surface area contributed by atoms with Crippen molar-refractivity contribution in [2.45, 2.75) is 13.8 Å². The van der Waals surface area contributed by atoms with Gasteiger partial charge in [-0.2, -0.15) is 0 Å². The molecular formula is C8H16O. The second kappa shape index (κ2) is 10.4. The van der Waals surface area contributed by atoms with Crippen molar-refractivity contribution in [3.63, 3.8) is 0 Å². The monoisotopic (exact) mass is 128 g/mol. The summed E-state index contributed by atoms with van der Waals surface area (Å²) in [5.74, 6) is 0.440. The van der Waals surface area contributed by atoms with E-state index in [1.807, 2.05) is 13.8 Å². The second-order valence-corrected chi connectivity index (χ2v) is 2.05. The lowest BCUT2D eigenvalue weighted by molar-refractivity contribution is 0.248. The van der Waals surface area contributed by atoms with Crippen molar-refractivity contribution in [1.29, 1.82) is 0 Å². The van der Waals surface area contributed by atoms with Gasteiger partial charge in [-0.15, -0.1) is 0 Å². The van der Waals surface area contributed by atoms with E-state index in [2.05, 4.69) is 13.2 Å². The van der Waals surface area contributed by atoms with Crippen molar-refractivity contribution in [2.24, 2.45) is 5.92 Å². The second-order valence-electron chi connectivity index (χ2n) is 2.05. The molecule has 0 saturated heterocycles. The minimum absolute atomic E-state index is 0.306. The Bertz CT molecular complexity index is 59.0. The highest BCUT2D eigenvalue weighted by Gasteiger charge is 1.81. The van der Waals surface area contributed by atoms with Gasteiger partial charge in [0.15, 0.2) is 0 Å². The van der Waals surface area contributed by atoms with E-state index in [0.29, 0.717) is 12.5 Å². The van der Waals surface area contributed by atoms with Gasteiger partial charge in [-0.1, -0.05) is 39.2 Å². The van der Waals surface area contributed by atoms with Gasteiger partial charge < -0.3 is 5.11 Å². The van der Waals surface area contributed by atoms with Crippen molar-refractivity contribution >= 4 is 0 Å². The fourth-order valence-electron chi connectivity index (χ4n) is 0. The van der Waals surface area contributed by atoms with E-state index >= 15 is 0 Å². The Kier molecular flexibility index (Phi) is 13.1. The highest BCUT2D eigenvalue weighted by molar-refractivity contribution is 4.88. The number of hydrogen-bond acceptors (Lipinski definition) is 1. The van der Waals surface area contributed by atoms with Crippen molar-refractivity contribution < 1.29 is 5.11 Å². The van der Waals surface area contributed by atoms with E-state index < -0.39 is 0 Å². The Balaban J connectivity index is 0. The minimum atomic E-state index is 0.306. The summed E-state index contributed by atoms with van der Waals surface area (Å²) in [5, 5.41) is 8.14. The van der Waals surface area contributed by atoms with Gasteiger partial charge in [-0.05, 0) is 5.92 Å². The topological polar surface area (TPSA) is 20.2 Å². The van der Waals surface area contributed by atoms with Gasteiger partial charge in [0.05, 0.1) is 0 Å². The number of rotatable bonds is 2. The van der Waals surface area contributed by atoms with E-state index in [4.69, 9.17) is 5.11 Å². The first kappa shape index (κ1) is 11.3. The summed E-state index contributed by atoms with van der Waals surface area (Å²) in [6, 6.07) is 0. The van der Waals surface area contributed by atoms with Crippen LogP contribution < -0.4 is 0 Å². The van der Waals surface area contributed by atoms with E-state index in [1.165, 1.54) is 0 Å². The van der Waals surface area contributed by atoms with Crippen molar-refractivity contribution in [2.75, 3.05) is 6.61 Å². The van der Waals surface area contributed by atoms with E-state index in [9.17, 15) is 0 Å². The molecule has 0 fully saturated rings. The van der Waals surface area contributed by atoms with Crippen LogP contribution in [0.15, 0.2) is 25.3 Å². The van der Waals surface area contributed by atoms with Crippen LogP contribution >= 0.6 is 0 Å². The van der Waals surface area contributed by atoms with E-state index in [0.717, 1.165) is 0 Å². The third-order valence-corrected chi connectivity index (χ3v) is 0.532. The van der Waals surface area contributed by atoms with Gasteiger partial charge in [-0.25, -0.2) is 0 Å². The third kappa shape index (κ3) is 37.0. The van der Waals surface area contributed by atoms with Gasteiger partial charge >= 0.3 is 0 Å². The van der Waals surface area contributed by atoms with Crippen LogP contribution in [0.25, 0.3) is 0 Å². The maximum Gasteiger partial charge on any atom is 0.0453 e. The molecule has 1 N–H and O–H groups in total. The first-order valence-electron chi connectivity index (χ1n) is 3.03. The van der Waals surface area contributed by atoms with Crippen molar-refractivity contribution in [1.82, 2.24) is 0 Å². The third-order valence-electron chi connectivity index (χ3n) is 0.532. The smallest absolute Gasteiger partial charge is 0.0453 e. The summed E-state index contributed by atoms with van der Waals surface area (Å²) >= 11 is 0. The molecule has 0 aromatic carbocycles. The van der Waals surface area contributed by atoms with Crippen LogP contribution in [-0.2, 0) is 0 Å². The minimum Gasteiger partial charge on any atom is -0.396 e. The summed E-state index contributed by atoms with van der Waals surface area (Å²) in [6.07, 6.45) is 3.28. The zero-order valence-corrected chi connectivity index (χ0v) is 6.30. The molecular weight excluding hydrogens is 112 g/mol. The Morgan fingerprint density at radius 2 is 1.56 bits per heavy atom. The fraction of sp³-hybridized carbons (Fsp3) is 0.500. The maximum absolute atomic E-state index is 8.14. The standard InChI is InChI=1S/C4H10O.C4H6/c1-4(2)3-5;1-3-4-2/h4-5H,3H2,1-2H3;3-4H,1-2H2. The first-order valence-corrected chi connectivity index (χ1v) is 3.03. The van der Waals surface area contributed by atoms with Crippen molar-refractivity contribution in [3.8, 4) is 0 Å². The SMILES string of the molecule is C=CC=C.CC(C)CO. The summed E-state index contributed by atoms with van der Waals surface area (Å²) in [4.78, 5) is 0. The molecule has 0 bridgehead atoms. The van der Waals surface area contributed by atoms with E-state index in [-0.39, 0.29) is 0 Å². The molecule has 0 unspecified atom stereocenters. The normalized spacial score (nSPS) is 7.56. The lowest BCUT2D eigenvalue weighted by Gasteiger charge is -1.90. The predicted molar refractivity (Wildman–Crippen MR) is 42.3 cm³/mol. The molecule has 0 aromatic rings. The molecule has 0 aliphatic heterocycles. The fourth-order valence-corrected chi connectivity index (χ4v) is 0. The molecule has 0 aliphatic rings. The molecule has 0 atom stereocenters. The molecule has 0 radical (unpaired) electrons. The van der Waals surface area contributed by atoms with Crippen molar-refractivity contribution in [3.05, 3.63) is 25.3 Å². The molecule has 0 aromatic heterocycles. The maximum atomic E-state index is 8.14. The highest BCUT2D eigenvalue weighted by Crippen LogP contribution is 1.83. The predicted octanol–water partition coefficient (Wildman–Crippen LogP) is 1.99. The number of allylic oxidation sites excluding steroid dienone is 2. The summed E-state index contributed by atoms with van der Waals surface area (Å²) in [6.45, 7) is 11.0. The summed E-state index contributed by atoms with van der Waals surface area (Å²) in [5.41, 5.74) is 0. The molecule has 0 saturated carbocycles. The Morgan fingerprint density at radius 1 is 1.33 bits per heavy atom. The average molecular weight is 128 g/mol. The van der Waals surface area contributed by atoms with Gasteiger partial charge in [0.25, 0.3) is 0 Å². The Hall–Kier alpha value is -0.560. The number of aliphatic hydroxyl groups excluding tert-OH is 1. The lowest BCUT2D eigenvalue weighted by Crippen LogP contribution is -1.90. The van der Waals surface area contributed by atoms with Gasteiger partial charge in [0.2, 0.25) is 0 Å². The first-order chi connectivity index (χ1) is 4.18. The summed E-state index contributed by atoms with van der Waals surface area (Å²) in [7, 11) is 0. The van der Waals surface area contributed by atoms with Crippen LogP contribution in [0.2, 0.25) is 0 Å². The lowest BCUT2D eigenvalue weighted by atomic mass is 10.2. The van der Waals surface area contributed by atoms with Gasteiger partial charge in [0.1, 0.15) is 0 Å². The Morgan fingerprint density at radius 3 is 1.56 bits per heavy atom. The quantitative estimate of drug-likeness (QED) is 0.564. The molecule has 0 spiro atoms. The molecule has 1 nitrogen and oxygen atoms in total. The molecule has 1 heteroatoms. The molecule has 0 heterocycles. The number of aliphatic hydroxyl groups is 1. The van der Waals surface area contributed by atoms with Crippen LogP contribution in [0, 0.1) is 5.92 Å². The van der Waals surface area contributed by atoms with Crippen LogP contribution in [0.5, 0.6) is 0 Å². The molecule has 0 amide bonds. The summed E-state index contributed by atoms with van der Waals surface area (Å²) < 4.78 is 0. The van der Waals surface area contributed by atoms with Gasteiger partial charge in [0, 0.05) is 6.61 Å². The van der Waals surface area contributed by atoms with Crippen LogP contribution in [0.4, 0.5) is 0 Å². The zero-order chi connectivity index (χ0) is 7.70. The van der Waals surface area contributed by atoms with Gasteiger partial charge in [-0.3, -0.25) is 0 Å². The average Bonchev–Trinajstić information content (AvgIpc) is 1.89. The van der Waals surface area contributed by atoms with Crippen LogP contribution in [-0.4, -0.2) is 11.7 Å². The molecule has 54 valence electrons. The van der Waals surface area contributed by atoms with Crippen LogP contribution in [0.3, 0.4) is 0 Å².